The predicted molar refractivity (Wildman–Crippen MR) is 64.8 cm³/mol. The van der Waals surface area contributed by atoms with E-state index in [2.05, 4.69) is 10.6 Å². The fraction of sp³-hybridized carbons (Fsp3) is 0.750. The van der Waals surface area contributed by atoms with Crippen LogP contribution in [0, 0.1) is 5.92 Å². The van der Waals surface area contributed by atoms with E-state index in [1.165, 1.54) is 12.8 Å². The molecule has 0 unspecified atom stereocenters. The summed E-state index contributed by atoms with van der Waals surface area (Å²) in [6.07, 6.45) is 6.21. The van der Waals surface area contributed by atoms with E-state index >= 15 is 0 Å². The third-order valence-corrected chi connectivity index (χ3v) is 3.09. The van der Waals surface area contributed by atoms with Gasteiger partial charge in [0.05, 0.1) is 6.54 Å². The smallest absolute Gasteiger partial charge is 0.322 e. The average Bonchev–Trinajstić information content (AvgIpc) is 2.62. The van der Waals surface area contributed by atoms with Gasteiger partial charge in [-0.1, -0.05) is 25.7 Å². The number of hydrogen-bond acceptors (Lipinski definition) is 3. The van der Waals surface area contributed by atoms with Crippen molar-refractivity contribution in [1.29, 1.82) is 0 Å². The highest BCUT2D eigenvalue weighted by atomic mass is 16.4. The summed E-state index contributed by atoms with van der Waals surface area (Å²) in [5.41, 5.74) is 0. The Balaban J connectivity index is 2.22. The van der Waals surface area contributed by atoms with Gasteiger partial charge in [0, 0.05) is 5.92 Å². The molecule has 102 valence electrons. The molecule has 1 aliphatic rings. The highest BCUT2D eigenvalue weighted by Crippen LogP contribution is 2.22. The van der Waals surface area contributed by atoms with Crippen LogP contribution in [0.15, 0.2) is 0 Å². The highest BCUT2D eigenvalue weighted by Gasteiger charge is 2.20. The molecule has 0 radical (unpaired) electrons. The Labute approximate surface area is 106 Å². The van der Waals surface area contributed by atoms with Crippen molar-refractivity contribution in [1.82, 2.24) is 10.6 Å². The first-order valence-corrected chi connectivity index (χ1v) is 6.36. The van der Waals surface area contributed by atoms with Crippen molar-refractivity contribution in [2.75, 3.05) is 13.1 Å². The molecule has 0 aromatic carbocycles. The van der Waals surface area contributed by atoms with Crippen molar-refractivity contribution < 1.29 is 19.5 Å². The van der Waals surface area contributed by atoms with E-state index in [0.717, 1.165) is 25.7 Å². The van der Waals surface area contributed by atoms with Gasteiger partial charge in [-0.05, 0) is 12.8 Å². The van der Waals surface area contributed by atoms with Gasteiger partial charge in [-0.3, -0.25) is 14.4 Å². The van der Waals surface area contributed by atoms with Crippen LogP contribution in [-0.2, 0) is 14.4 Å². The van der Waals surface area contributed by atoms with E-state index in [0.29, 0.717) is 0 Å². The Bertz CT molecular complexity index is 309. The van der Waals surface area contributed by atoms with Gasteiger partial charge in [-0.2, -0.15) is 0 Å². The zero-order chi connectivity index (χ0) is 13.4. The topological polar surface area (TPSA) is 95.5 Å². The maximum atomic E-state index is 11.8. The minimum absolute atomic E-state index is 0.000209. The van der Waals surface area contributed by atoms with Crippen LogP contribution in [0.2, 0.25) is 0 Å². The van der Waals surface area contributed by atoms with Crippen LogP contribution in [0.1, 0.15) is 38.5 Å². The lowest BCUT2D eigenvalue weighted by Crippen LogP contribution is -2.41. The molecule has 0 heterocycles. The van der Waals surface area contributed by atoms with Crippen molar-refractivity contribution in [2.24, 2.45) is 5.92 Å². The van der Waals surface area contributed by atoms with E-state index in [4.69, 9.17) is 5.11 Å². The van der Waals surface area contributed by atoms with Crippen LogP contribution in [-0.4, -0.2) is 36.0 Å². The molecule has 2 amide bonds. The minimum atomic E-state index is -1.10. The molecule has 0 aromatic rings. The summed E-state index contributed by atoms with van der Waals surface area (Å²) in [7, 11) is 0. The van der Waals surface area contributed by atoms with Gasteiger partial charge in [-0.15, -0.1) is 0 Å². The van der Waals surface area contributed by atoms with E-state index in [-0.39, 0.29) is 18.4 Å². The molecule has 0 spiro atoms. The van der Waals surface area contributed by atoms with Crippen molar-refractivity contribution in [3.8, 4) is 0 Å². The number of carboxylic acid groups (broad SMARTS) is 1. The Hall–Kier alpha value is -1.59. The second kappa shape index (κ2) is 7.68. The van der Waals surface area contributed by atoms with Gasteiger partial charge < -0.3 is 15.7 Å². The molecule has 1 saturated carbocycles. The first-order valence-electron chi connectivity index (χ1n) is 6.36. The molecule has 6 heteroatoms. The maximum absolute atomic E-state index is 11.8. The van der Waals surface area contributed by atoms with Gasteiger partial charge in [0.1, 0.15) is 6.54 Å². The number of aliphatic carboxylic acids is 1. The van der Waals surface area contributed by atoms with Gasteiger partial charge in [0.2, 0.25) is 11.8 Å². The van der Waals surface area contributed by atoms with Gasteiger partial charge in [-0.25, -0.2) is 0 Å². The van der Waals surface area contributed by atoms with Gasteiger partial charge in [0.15, 0.2) is 0 Å². The third-order valence-electron chi connectivity index (χ3n) is 3.09. The van der Waals surface area contributed by atoms with Crippen LogP contribution < -0.4 is 10.6 Å². The fourth-order valence-corrected chi connectivity index (χ4v) is 2.09. The maximum Gasteiger partial charge on any atom is 0.322 e. The second-order valence-electron chi connectivity index (χ2n) is 4.58. The van der Waals surface area contributed by atoms with E-state index in [1.807, 2.05) is 0 Å². The molecule has 0 aromatic heterocycles. The molecule has 6 nitrogen and oxygen atoms in total. The number of rotatable bonds is 5. The Kier molecular flexibility index (Phi) is 6.18. The average molecular weight is 256 g/mol. The Morgan fingerprint density at radius 1 is 0.944 bits per heavy atom. The highest BCUT2D eigenvalue weighted by molar-refractivity contribution is 5.87. The summed E-state index contributed by atoms with van der Waals surface area (Å²) in [6, 6.07) is 0. The quantitative estimate of drug-likeness (QED) is 0.615. The second-order valence-corrected chi connectivity index (χ2v) is 4.58. The third kappa shape index (κ3) is 5.65. The molecule has 0 saturated heterocycles. The molecular formula is C12H20N2O4. The van der Waals surface area contributed by atoms with E-state index < -0.39 is 18.4 Å². The number of carbonyl (C=O) groups excluding carboxylic acids is 2. The van der Waals surface area contributed by atoms with Crippen LogP contribution >= 0.6 is 0 Å². The summed E-state index contributed by atoms with van der Waals surface area (Å²) in [4.78, 5) is 33.2. The molecular weight excluding hydrogens is 236 g/mol. The van der Waals surface area contributed by atoms with Gasteiger partial charge in [0.25, 0.3) is 0 Å². The van der Waals surface area contributed by atoms with Gasteiger partial charge >= 0.3 is 5.97 Å². The minimum Gasteiger partial charge on any atom is -0.480 e. The van der Waals surface area contributed by atoms with Crippen molar-refractivity contribution >= 4 is 17.8 Å². The Morgan fingerprint density at radius 2 is 1.56 bits per heavy atom. The SMILES string of the molecule is O=C(O)CNC(=O)CNC(=O)C1CCCCCC1. The lowest BCUT2D eigenvalue weighted by atomic mass is 9.99. The molecule has 0 aliphatic heterocycles. The zero-order valence-electron chi connectivity index (χ0n) is 10.4. The van der Waals surface area contributed by atoms with Crippen molar-refractivity contribution in [3.63, 3.8) is 0 Å². The molecule has 18 heavy (non-hydrogen) atoms. The summed E-state index contributed by atoms with van der Waals surface area (Å²) >= 11 is 0. The molecule has 1 rings (SSSR count). The number of nitrogens with one attached hydrogen (secondary N) is 2. The number of carboxylic acids is 1. The van der Waals surface area contributed by atoms with Crippen molar-refractivity contribution in [2.45, 2.75) is 38.5 Å². The fourth-order valence-electron chi connectivity index (χ4n) is 2.09. The summed E-state index contributed by atoms with van der Waals surface area (Å²) in [5.74, 6) is -1.67. The molecule has 3 N–H and O–H groups in total. The monoisotopic (exact) mass is 256 g/mol. The first-order chi connectivity index (χ1) is 8.59. The summed E-state index contributed by atoms with van der Waals surface area (Å²) in [6.45, 7) is -0.569. The normalized spacial score (nSPS) is 16.7. The van der Waals surface area contributed by atoms with Crippen LogP contribution in [0.25, 0.3) is 0 Å². The number of hydrogen-bond donors (Lipinski definition) is 3. The van der Waals surface area contributed by atoms with Crippen LogP contribution in [0.4, 0.5) is 0 Å². The largest absolute Gasteiger partial charge is 0.480 e. The number of carbonyl (C=O) groups is 3. The lowest BCUT2D eigenvalue weighted by Gasteiger charge is -2.13. The molecule has 0 atom stereocenters. The first kappa shape index (κ1) is 14.5. The standard InChI is InChI=1S/C12H20N2O4/c15-10(13-8-11(16)17)7-14-12(18)9-5-3-1-2-4-6-9/h9H,1-8H2,(H,13,15)(H,14,18)(H,16,17). The number of amides is 2. The van der Waals surface area contributed by atoms with E-state index in [9.17, 15) is 14.4 Å². The Morgan fingerprint density at radius 3 is 2.11 bits per heavy atom. The lowest BCUT2D eigenvalue weighted by molar-refractivity contribution is -0.137. The van der Waals surface area contributed by atoms with Crippen LogP contribution in [0.3, 0.4) is 0 Å². The molecule has 1 fully saturated rings. The zero-order valence-corrected chi connectivity index (χ0v) is 10.4. The molecule has 1 aliphatic carbocycles. The summed E-state index contributed by atoms with van der Waals surface area (Å²) in [5, 5.41) is 13.1. The predicted octanol–water partition coefficient (Wildman–Crippen LogP) is 0.274. The molecule has 0 bridgehead atoms. The summed E-state index contributed by atoms with van der Waals surface area (Å²) < 4.78 is 0. The van der Waals surface area contributed by atoms with Crippen LogP contribution in [0.5, 0.6) is 0 Å². The van der Waals surface area contributed by atoms with Crippen molar-refractivity contribution in [3.05, 3.63) is 0 Å². The van der Waals surface area contributed by atoms with E-state index in [1.54, 1.807) is 0 Å².